The molecule has 0 radical (unpaired) electrons. The van der Waals surface area contributed by atoms with Crippen LogP contribution in [0.15, 0.2) is 48.7 Å². The van der Waals surface area contributed by atoms with Crippen molar-refractivity contribution in [2.45, 2.75) is 19.3 Å². The first-order valence-corrected chi connectivity index (χ1v) is 6.02. The first kappa shape index (κ1) is 11.8. The van der Waals surface area contributed by atoms with Gasteiger partial charge in [-0.05, 0) is 37.0 Å². The highest BCUT2D eigenvalue weighted by atomic mass is 16.2. The lowest BCUT2D eigenvalue weighted by molar-refractivity contribution is 0.284. The smallest absolute Gasteiger partial charge is 0.0704 e. The zero-order valence-electron chi connectivity index (χ0n) is 9.84. The lowest BCUT2D eigenvalue weighted by atomic mass is 9.99. The molecule has 88 valence electrons. The van der Waals surface area contributed by atoms with Crippen LogP contribution in [-0.4, -0.2) is 16.7 Å². The molecule has 0 spiro atoms. The standard InChI is InChI=1S/C15H17NO/c17-12-6-4-8-13-7-1-2-9-14(13)15-10-3-5-11-16-15/h1-3,5,7,9-11,17H,4,6,8,12H2. The van der Waals surface area contributed by atoms with Crippen LogP contribution in [-0.2, 0) is 6.42 Å². The second-order valence-electron chi connectivity index (χ2n) is 4.05. The molecule has 2 nitrogen and oxygen atoms in total. The summed E-state index contributed by atoms with van der Waals surface area (Å²) < 4.78 is 0. The van der Waals surface area contributed by atoms with Gasteiger partial charge < -0.3 is 5.11 Å². The van der Waals surface area contributed by atoms with Crippen LogP contribution >= 0.6 is 0 Å². The maximum absolute atomic E-state index is 8.82. The topological polar surface area (TPSA) is 33.1 Å². The van der Waals surface area contributed by atoms with E-state index in [0.29, 0.717) is 0 Å². The Morgan fingerprint density at radius 2 is 1.76 bits per heavy atom. The molecule has 0 fully saturated rings. The van der Waals surface area contributed by atoms with Gasteiger partial charge in [-0.1, -0.05) is 30.3 Å². The first-order chi connectivity index (χ1) is 8.42. The minimum absolute atomic E-state index is 0.270. The SMILES string of the molecule is OCCCCc1ccccc1-c1ccccn1. The van der Waals surface area contributed by atoms with Crippen LogP contribution in [0, 0.1) is 0 Å². The van der Waals surface area contributed by atoms with E-state index in [1.807, 2.05) is 30.5 Å². The maximum Gasteiger partial charge on any atom is 0.0704 e. The van der Waals surface area contributed by atoms with Gasteiger partial charge in [0.15, 0.2) is 0 Å². The molecule has 1 aromatic heterocycles. The van der Waals surface area contributed by atoms with E-state index in [1.165, 1.54) is 11.1 Å². The molecule has 0 bridgehead atoms. The van der Waals surface area contributed by atoms with Gasteiger partial charge in [-0.2, -0.15) is 0 Å². The van der Waals surface area contributed by atoms with Crippen molar-refractivity contribution < 1.29 is 5.11 Å². The van der Waals surface area contributed by atoms with Gasteiger partial charge in [0.25, 0.3) is 0 Å². The Morgan fingerprint density at radius 3 is 2.53 bits per heavy atom. The van der Waals surface area contributed by atoms with Crippen molar-refractivity contribution in [1.82, 2.24) is 4.98 Å². The van der Waals surface area contributed by atoms with Crippen LogP contribution in [0.2, 0.25) is 0 Å². The summed E-state index contributed by atoms with van der Waals surface area (Å²) in [5.41, 5.74) is 3.53. The normalized spacial score (nSPS) is 10.4. The summed E-state index contributed by atoms with van der Waals surface area (Å²) >= 11 is 0. The van der Waals surface area contributed by atoms with Crippen molar-refractivity contribution in [3.8, 4) is 11.3 Å². The second kappa shape index (κ2) is 6.16. The molecule has 17 heavy (non-hydrogen) atoms. The van der Waals surface area contributed by atoms with E-state index in [9.17, 15) is 0 Å². The van der Waals surface area contributed by atoms with E-state index in [-0.39, 0.29) is 6.61 Å². The molecule has 0 atom stereocenters. The molecule has 1 heterocycles. The Balaban J connectivity index is 2.22. The fourth-order valence-electron chi connectivity index (χ4n) is 1.94. The van der Waals surface area contributed by atoms with Crippen LogP contribution in [0.3, 0.4) is 0 Å². The molecule has 2 rings (SSSR count). The minimum atomic E-state index is 0.270. The summed E-state index contributed by atoms with van der Waals surface area (Å²) in [5.74, 6) is 0. The Bertz CT molecular complexity index is 453. The molecule has 1 N–H and O–H groups in total. The quantitative estimate of drug-likeness (QED) is 0.796. The number of unbranched alkanes of at least 4 members (excludes halogenated alkanes) is 1. The summed E-state index contributed by atoms with van der Waals surface area (Å²) in [6.07, 6.45) is 4.68. The minimum Gasteiger partial charge on any atom is -0.396 e. The highest BCUT2D eigenvalue weighted by Gasteiger charge is 2.04. The fraction of sp³-hybridized carbons (Fsp3) is 0.267. The number of aromatic nitrogens is 1. The van der Waals surface area contributed by atoms with Gasteiger partial charge in [0.05, 0.1) is 5.69 Å². The van der Waals surface area contributed by atoms with E-state index in [4.69, 9.17) is 5.11 Å². The van der Waals surface area contributed by atoms with Crippen LogP contribution in [0.5, 0.6) is 0 Å². The van der Waals surface area contributed by atoms with Gasteiger partial charge in [-0.15, -0.1) is 0 Å². The third-order valence-corrected chi connectivity index (χ3v) is 2.81. The Labute approximate surface area is 102 Å². The predicted octanol–water partition coefficient (Wildman–Crippen LogP) is 3.06. The number of hydrogen-bond donors (Lipinski definition) is 1. The average Bonchev–Trinajstić information content (AvgIpc) is 2.41. The van der Waals surface area contributed by atoms with Crippen molar-refractivity contribution in [3.63, 3.8) is 0 Å². The number of nitrogens with zero attached hydrogens (tertiary/aromatic N) is 1. The van der Waals surface area contributed by atoms with Gasteiger partial charge in [-0.3, -0.25) is 4.98 Å². The van der Waals surface area contributed by atoms with Gasteiger partial charge in [0.2, 0.25) is 0 Å². The third kappa shape index (κ3) is 3.14. The van der Waals surface area contributed by atoms with Crippen LogP contribution in [0.25, 0.3) is 11.3 Å². The summed E-state index contributed by atoms with van der Waals surface area (Å²) in [6.45, 7) is 0.270. The fourth-order valence-corrected chi connectivity index (χ4v) is 1.94. The predicted molar refractivity (Wildman–Crippen MR) is 69.7 cm³/mol. The molecular formula is C15H17NO. The van der Waals surface area contributed by atoms with Gasteiger partial charge in [0.1, 0.15) is 0 Å². The molecule has 2 heteroatoms. The summed E-state index contributed by atoms with van der Waals surface area (Å²) in [7, 11) is 0. The van der Waals surface area contributed by atoms with Crippen molar-refractivity contribution in [1.29, 1.82) is 0 Å². The monoisotopic (exact) mass is 227 g/mol. The number of hydrogen-bond acceptors (Lipinski definition) is 2. The highest BCUT2D eigenvalue weighted by Crippen LogP contribution is 2.22. The largest absolute Gasteiger partial charge is 0.396 e. The Morgan fingerprint density at radius 1 is 0.941 bits per heavy atom. The summed E-state index contributed by atoms with van der Waals surface area (Å²) in [4.78, 5) is 4.39. The molecule has 2 aromatic rings. The molecule has 0 aliphatic carbocycles. The Hall–Kier alpha value is -1.67. The zero-order chi connectivity index (χ0) is 11.9. The van der Waals surface area contributed by atoms with Gasteiger partial charge >= 0.3 is 0 Å². The number of pyridine rings is 1. The van der Waals surface area contributed by atoms with Crippen LogP contribution < -0.4 is 0 Å². The van der Waals surface area contributed by atoms with E-state index in [1.54, 1.807) is 0 Å². The average molecular weight is 227 g/mol. The highest BCUT2D eigenvalue weighted by molar-refractivity contribution is 5.63. The van der Waals surface area contributed by atoms with Crippen LogP contribution in [0.4, 0.5) is 0 Å². The number of aryl methyl sites for hydroxylation is 1. The van der Waals surface area contributed by atoms with E-state index in [0.717, 1.165) is 25.0 Å². The molecule has 0 saturated carbocycles. The lowest BCUT2D eigenvalue weighted by Crippen LogP contribution is -1.93. The lowest BCUT2D eigenvalue weighted by Gasteiger charge is -2.08. The van der Waals surface area contributed by atoms with Crippen molar-refractivity contribution in [3.05, 3.63) is 54.2 Å². The molecular weight excluding hydrogens is 210 g/mol. The van der Waals surface area contributed by atoms with Gasteiger partial charge in [0, 0.05) is 18.4 Å². The zero-order valence-corrected chi connectivity index (χ0v) is 9.84. The molecule has 0 amide bonds. The molecule has 0 aliphatic rings. The molecule has 0 saturated heterocycles. The number of aliphatic hydroxyl groups excluding tert-OH is 1. The summed E-state index contributed by atoms with van der Waals surface area (Å²) in [6, 6.07) is 14.3. The molecule has 0 aliphatic heterocycles. The second-order valence-corrected chi connectivity index (χ2v) is 4.05. The Kier molecular flexibility index (Phi) is 4.28. The van der Waals surface area contributed by atoms with Crippen molar-refractivity contribution in [2.75, 3.05) is 6.61 Å². The van der Waals surface area contributed by atoms with Gasteiger partial charge in [-0.25, -0.2) is 0 Å². The third-order valence-electron chi connectivity index (χ3n) is 2.81. The maximum atomic E-state index is 8.82. The number of rotatable bonds is 5. The molecule has 0 unspecified atom stereocenters. The number of benzene rings is 1. The van der Waals surface area contributed by atoms with E-state index < -0.39 is 0 Å². The first-order valence-electron chi connectivity index (χ1n) is 6.02. The summed E-state index contributed by atoms with van der Waals surface area (Å²) in [5, 5.41) is 8.82. The van der Waals surface area contributed by atoms with Crippen LogP contribution in [0.1, 0.15) is 18.4 Å². The van der Waals surface area contributed by atoms with Crippen molar-refractivity contribution >= 4 is 0 Å². The molecule has 1 aromatic carbocycles. The van der Waals surface area contributed by atoms with E-state index in [2.05, 4.69) is 23.2 Å². The number of aliphatic hydroxyl groups is 1. The van der Waals surface area contributed by atoms with E-state index >= 15 is 0 Å². The van der Waals surface area contributed by atoms with Crippen molar-refractivity contribution in [2.24, 2.45) is 0 Å².